The van der Waals surface area contributed by atoms with E-state index in [1.165, 1.54) is 5.56 Å². The minimum Gasteiger partial charge on any atom is -0.497 e. The second-order valence-electron chi connectivity index (χ2n) is 5.88. The summed E-state index contributed by atoms with van der Waals surface area (Å²) in [4.78, 5) is 0. The number of nitrogens with two attached hydrogens (primary N) is 1. The SMILES string of the molecule is COc1ccc(C(O)CNC(C)CCc2ccc(N)cc2)cc1. The van der Waals surface area contributed by atoms with E-state index in [-0.39, 0.29) is 0 Å². The number of hydrogen-bond donors (Lipinski definition) is 3. The predicted octanol–water partition coefficient (Wildman–Crippen LogP) is 2.92. The quantitative estimate of drug-likeness (QED) is 0.655. The van der Waals surface area contributed by atoms with E-state index in [1.807, 2.05) is 36.4 Å². The first kappa shape index (κ1) is 17.3. The lowest BCUT2D eigenvalue weighted by molar-refractivity contribution is 0.170. The van der Waals surface area contributed by atoms with Gasteiger partial charge in [-0.3, -0.25) is 0 Å². The van der Waals surface area contributed by atoms with E-state index in [2.05, 4.69) is 24.4 Å². The van der Waals surface area contributed by atoms with Crippen LogP contribution in [0, 0.1) is 0 Å². The Labute approximate surface area is 138 Å². The molecule has 0 bridgehead atoms. The van der Waals surface area contributed by atoms with Crippen LogP contribution in [-0.4, -0.2) is 24.8 Å². The van der Waals surface area contributed by atoms with Crippen LogP contribution in [0.25, 0.3) is 0 Å². The highest BCUT2D eigenvalue weighted by atomic mass is 16.5. The highest BCUT2D eigenvalue weighted by molar-refractivity contribution is 5.39. The lowest BCUT2D eigenvalue weighted by atomic mass is 10.0. The van der Waals surface area contributed by atoms with Crippen LogP contribution in [0.1, 0.15) is 30.6 Å². The number of nitrogens with one attached hydrogen (secondary N) is 1. The van der Waals surface area contributed by atoms with Crippen molar-refractivity contribution in [3.63, 3.8) is 0 Å². The molecule has 124 valence electrons. The maximum absolute atomic E-state index is 10.2. The lowest BCUT2D eigenvalue weighted by Gasteiger charge is -2.17. The smallest absolute Gasteiger partial charge is 0.118 e. The average molecular weight is 314 g/mol. The number of benzene rings is 2. The van der Waals surface area contributed by atoms with Gasteiger partial charge >= 0.3 is 0 Å². The van der Waals surface area contributed by atoms with Gasteiger partial charge in [-0.2, -0.15) is 0 Å². The second-order valence-corrected chi connectivity index (χ2v) is 5.88. The Morgan fingerprint density at radius 1 is 1.09 bits per heavy atom. The van der Waals surface area contributed by atoms with Crippen molar-refractivity contribution in [3.8, 4) is 5.75 Å². The molecule has 0 aliphatic carbocycles. The highest BCUT2D eigenvalue weighted by Crippen LogP contribution is 2.17. The van der Waals surface area contributed by atoms with E-state index < -0.39 is 6.10 Å². The summed E-state index contributed by atoms with van der Waals surface area (Å²) < 4.78 is 5.12. The summed E-state index contributed by atoms with van der Waals surface area (Å²) in [6.07, 6.45) is 1.49. The van der Waals surface area contributed by atoms with Gasteiger partial charge < -0.3 is 20.9 Å². The van der Waals surface area contributed by atoms with Crippen LogP contribution in [0.3, 0.4) is 0 Å². The maximum atomic E-state index is 10.2. The van der Waals surface area contributed by atoms with Gasteiger partial charge in [0.15, 0.2) is 0 Å². The fourth-order valence-corrected chi connectivity index (χ4v) is 2.43. The average Bonchev–Trinajstić information content (AvgIpc) is 2.59. The van der Waals surface area contributed by atoms with E-state index in [1.54, 1.807) is 7.11 Å². The molecule has 4 heteroatoms. The van der Waals surface area contributed by atoms with Gasteiger partial charge in [-0.1, -0.05) is 24.3 Å². The summed E-state index contributed by atoms with van der Waals surface area (Å²) in [5.74, 6) is 0.797. The Morgan fingerprint density at radius 2 is 1.74 bits per heavy atom. The Kier molecular flexibility index (Phi) is 6.44. The molecule has 0 saturated heterocycles. The fraction of sp³-hybridized carbons (Fsp3) is 0.368. The number of aryl methyl sites for hydroxylation is 1. The summed E-state index contributed by atoms with van der Waals surface area (Å²) in [5, 5.41) is 13.6. The van der Waals surface area contributed by atoms with Crippen LogP contribution in [-0.2, 0) is 6.42 Å². The molecule has 23 heavy (non-hydrogen) atoms. The number of ether oxygens (including phenoxy) is 1. The van der Waals surface area contributed by atoms with Crippen LogP contribution in [0.15, 0.2) is 48.5 Å². The molecule has 2 aromatic carbocycles. The third-order valence-electron chi connectivity index (χ3n) is 4.01. The van der Waals surface area contributed by atoms with Crippen molar-refractivity contribution in [1.82, 2.24) is 5.32 Å². The highest BCUT2D eigenvalue weighted by Gasteiger charge is 2.10. The largest absolute Gasteiger partial charge is 0.497 e. The van der Waals surface area contributed by atoms with Gasteiger partial charge in [0.1, 0.15) is 5.75 Å². The van der Waals surface area contributed by atoms with E-state index in [0.717, 1.165) is 29.8 Å². The lowest BCUT2D eigenvalue weighted by Crippen LogP contribution is -2.30. The zero-order valence-electron chi connectivity index (χ0n) is 13.8. The number of methoxy groups -OCH3 is 1. The molecule has 0 fully saturated rings. The molecule has 0 spiro atoms. The standard InChI is InChI=1S/C19H26N2O2/c1-14(3-4-15-5-9-17(20)10-6-15)21-13-19(22)16-7-11-18(23-2)12-8-16/h5-12,14,19,21-22H,3-4,13,20H2,1-2H3. The summed E-state index contributed by atoms with van der Waals surface area (Å²) in [6, 6.07) is 15.8. The molecule has 4 nitrogen and oxygen atoms in total. The fourth-order valence-electron chi connectivity index (χ4n) is 2.43. The summed E-state index contributed by atoms with van der Waals surface area (Å²) in [7, 11) is 1.63. The van der Waals surface area contributed by atoms with Crippen molar-refractivity contribution >= 4 is 5.69 Å². The van der Waals surface area contributed by atoms with Crippen molar-refractivity contribution in [2.45, 2.75) is 31.9 Å². The van der Waals surface area contributed by atoms with Gasteiger partial charge in [-0.25, -0.2) is 0 Å². The van der Waals surface area contributed by atoms with Gasteiger partial charge in [0.2, 0.25) is 0 Å². The van der Waals surface area contributed by atoms with Crippen molar-refractivity contribution < 1.29 is 9.84 Å². The van der Waals surface area contributed by atoms with E-state index in [9.17, 15) is 5.11 Å². The molecule has 0 heterocycles. The molecule has 2 aromatic rings. The molecule has 0 saturated carbocycles. The van der Waals surface area contributed by atoms with E-state index >= 15 is 0 Å². The van der Waals surface area contributed by atoms with Gasteiger partial charge in [0.25, 0.3) is 0 Å². The first-order chi connectivity index (χ1) is 11.1. The third kappa shape index (κ3) is 5.58. The minimum absolute atomic E-state index is 0.334. The van der Waals surface area contributed by atoms with Gasteiger partial charge in [0, 0.05) is 18.3 Å². The van der Waals surface area contributed by atoms with Crippen molar-refractivity contribution in [3.05, 3.63) is 59.7 Å². The number of aliphatic hydroxyl groups excluding tert-OH is 1. The zero-order valence-corrected chi connectivity index (χ0v) is 13.8. The normalized spacial score (nSPS) is 13.5. The Bertz CT molecular complexity index is 581. The van der Waals surface area contributed by atoms with Crippen LogP contribution in [0.4, 0.5) is 5.69 Å². The van der Waals surface area contributed by atoms with Crippen LogP contribution in [0.2, 0.25) is 0 Å². The molecule has 0 radical (unpaired) electrons. The van der Waals surface area contributed by atoms with Crippen LogP contribution >= 0.6 is 0 Å². The van der Waals surface area contributed by atoms with E-state index in [4.69, 9.17) is 10.5 Å². The first-order valence-corrected chi connectivity index (χ1v) is 7.98. The molecule has 2 rings (SSSR count). The Hall–Kier alpha value is -2.04. The molecule has 2 atom stereocenters. The number of rotatable bonds is 8. The zero-order chi connectivity index (χ0) is 16.7. The number of anilines is 1. The Morgan fingerprint density at radius 3 is 2.35 bits per heavy atom. The van der Waals surface area contributed by atoms with Gasteiger partial charge in [-0.15, -0.1) is 0 Å². The number of nitrogen functional groups attached to an aromatic ring is 1. The monoisotopic (exact) mass is 314 g/mol. The summed E-state index contributed by atoms with van der Waals surface area (Å²) in [6.45, 7) is 2.67. The van der Waals surface area contributed by atoms with Crippen molar-refractivity contribution in [2.24, 2.45) is 0 Å². The van der Waals surface area contributed by atoms with Crippen LogP contribution in [0.5, 0.6) is 5.75 Å². The second kappa shape index (κ2) is 8.56. The molecule has 0 aliphatic rings. The predicted molar refractivity (Wildman–Crippen MR) is 94.6 cm³/mol. The molecule has 0 amide bonds. The number of aliphatic hydroxyl groups is 1. The van der Waals surface area contributed by atoms with Crippen molar-refractivity contribution in [2.75, 3.05) is 19.4 Å². The first-order valence-electron chi connectivity index (χ1n) is 7.98. The third-order valence-corrected chi connectivity index (χ3v) is 4.01. The molecular formula is C19H26N2O2. The minimum atomic E-state index is -0.514. The molecule has 0 aromatic heterocycles. The maximum Gasteiger partial charge on any atom is 0.118 e. The molecular weight excluding hydrogens is 288 g/mol. The van der Waals surface area contributed by atoms with E-state index in [0.29, 0.717) is 12.6 Å². The van der Waals surface area contributed by atoms with Gasteiger partial charge in [0.05, 0.1) is 13.2 Å². The number of hydrogen-bond acceptors (Lipinski definition) is 4. The molecule has 4 N–H and O–H groups in total. The molecule has 0 aliphatic heterocycles. The summed E-state index contributed by atoms with van der Waals surface area (Å²) >= 11 is 0. The topological polar surface area (TPSA) is 67.5 Å². The Balaban J connectivity index is 1.74. The molecule has 2 unspecified atom stereocenters. The summed E-state index contributed by atoms with van der Waals surface area (Å²) in [5.41, 5.74) is 8.66. The van der Waals surface area contributed by atoms with Gasteiger partial charge in [-0.05, 0) is 55.2 Å². The van der Waals surface area contributed by atoms with Crippen LogP contribution < -0.4 is 15.8 Å². The van der Waals surface area contributed by atoms with Crippen molar-refractivity contribution in [1.29, 1.82) is 0 Å².